The molecule has 0 saturated heterocycles. The average molecular weight is 172 g/mol. The van der Waals surface area contributed by atoms with E-state index in [9.17, 15) is 0 Å². The molecule has 3 N–H and O–H groups in total. The molecule has 1 saturated carbocycles. The number of ether oxygens (including phenoxy) is 1. The Labute approximate surface area is 74.6 Å². The highest BCUT2D eigenvalue weighted by Crippen LogP contribution is 2.35. The van der Waals surface area contributed by atoms with Crippen molar-refractivity contribution in [3.8, 4) is 0 Å². The Kier molecular flexibility index (Phi) is 3.50. The molecule has 3 heteroatoms. The Bertz CT molecular complexity index is 126. The Balaban J connectivity index is 2.47. The van der Waals surface area contributed by atoms with E-state index in [1.165, 1.54) is 12.8 Å². The van der Waals surface area contributed by atoms with Gasteiger partial charge in [0.2, 0.25) is 0 Å². The molecule has 0 amide bonds. The number of hydrogen-bond donors (Lipinski definition) is 2. The molecule has 0 aromatic heterocycles. The van der Waals surface area contributed by atoms with Gasteiger partial charge in [-0.05, 0) is 24.7 Å². The number of rotatable bonds is 5. The predicted molar refractivity (Wildman–Crippen MR) is 49.5 cm³/mol. The van der Waals surface area contributed by atoms with Crippen LogP contribution >= 0.6 is 0 Å². The minimum atomic E-state index is 0.252. The number of hydrogen-bond acceptors (Lipinski definition) is 3. The number of hydrazine groups is 1. The molecule has 12 heavy (non-hydrogen) atoms. The maximum atomic E-state index is 5.50. The summed E-state index contributed by atoms with van der Waals surface area (Å²) in [6, 6.07) is 0.343. The van der Waals surface area contributed by atoms with Crippen molar-refractivity contribution in [2.24, 2.45) is 17.7 Å². The van der Waals surface area contributed by atoms with Crippen LogP contribution in [-0.2, 0) is 4.74 Å². The zero-order chi connectivity index (χ0) is 9.14. The average Bonchev–Trinajstić information content (AvgIpc) is 2.81. The molecule has 2 atom stereocenters. The van der Waals surface area contributed by atoms with Gasteiger partial charge in [-0.25, -0.2) is 0 Å². The van der Waals surface area contributed by atoms with Gasteiger partial charge in [0.15, 0.2) is 0 Å². The van der Waals surface area contributed by atoms with E-state index in [-0.39, 0.29) is 6.10 Å². The summed E-state index contributed by atoms with van der Waals surface area (Å²) in [5.41, 5.74) is 2.87. The van der Waals surface area contributed by atoms with E-state index < -0.39 is 0 Å². The van der Waals surface area contributed by atoms with Crippen LogP contribution in [0.4, 0.5) is 0 Å². The van der Waals surface area contributed by atoms with Crippen molar-refractivity contribution in [2.45, 2.75) is 38.8 Å². The molecular weight excluding hydrogens is 152 g/mol. The second kappa shape index (κ2) is 4.21. The monoisotopic (exact) mass is 172 g/mol. The molecule has 0 bridgehead atoms. The highest BCUT2D eigenvalue weighted by atomic mass is 16.5. The standard InChI is InChI=1S/C9H20N2O/c1-6(2)9(12-3)8(11-10)7-4-5-7/h6-9,11H,4-5,10H2,1-3H3. The molecule has 1 fully saturated rings. The van der Waals surface area contributed by atoms with Crippen molar-refractivity contribution >= 4 is 0 Å². The number of methoxy groups -OCH3 is 1. The van der Waals surface area contributed by atoms with Crippen molar-refractivity contribution < 1.29 is 4.74 Å². The zero-order valence-corrected chi connectivity index (χ0v) is 8.21. The Morgan fingerprint density at radius 1 is 1.42 bits per heavy atom. The summed E-state index contributed by atoms with van der Waals surface area (Å²) in [5, 5.41) is 0. The molecule has 0 aromatic carbocycles. The molecule has 1 aliphatic rings. The predicted octanol–water partition coefficient (Wildman–Crippen LogP) is 0.899. The van der Waals surface area contributed by atoms with Gasteiger partial charge < -0.3 is 4.74 Å². The fourth-order valence-electron chi connectivity index (χ4n) is 1.79. The van der Waals surface area contributed by atoms with Crippen LogP contribution in [-0.4, -0.2) is 19.3 Å². The lowest BCUT2D eigenvalue weighted by Crippen LogP contribution is -2.48. The summed E-state index contributed by atoms with van der Waals surface area (Å²) < 4.78 is 5.42. The van der Waals surface area contributed by atoms with Gasteiger partial charge >= 0.3 is 0 Å². The first-order valence-electron chi connectivity index (χ1n) is 4.69. The smallest absolute Gasteiger partial charge is 0.0763 e. The second-order valence-corrected chi connectivity index (χ2v) is 3.97. The molecule has 0 radical (unpaired) electrons. The molecule has 72 valence electrons. The maximum Gasteiger partial charge on any atom is 0.0763 e. The molecule has 1 rings (SSSR count). The van der Waals surface area contributed by atoms with Crippen molar-refractivity contribution in [1.82, 2.24) is 5.43 Å². The normalized spacial score (nSPS) is 22.8. The first-order valence-corrected chi connectivity index (χ1v) is 4.69. The van der Waals surface area contributed by atoms with Crippen LogP contribution in [0.2, 0.25) is 0 Å². The third kappa shape index (κ3) is 2.19. The van der Waals surface area contributed by atoms with Gasteiger partial charge in [0.1, 0.15) is 0 Å². The topological polar surface area (TPSA) is 47.3 Å². The van der Waals surface area contributed by atoms with Crippen LogP contribution in [0.1, 0.15) is 26.7 Å². The molecule has 0 spiro atoms. The van der Waals surface area contributed by atoms with Crippen LogP contribution in [0.3, 0.4) is 0 Å². The first-order chi connectivity index (χ1) is 5.70. The van der Waals surface area contributed by atoms with Crippen LogP contribution in [0.5, 0.6) is 0 Å². The summed E-state index contributed by atoms with van der Waals surface area (Å²) in [4.78, 5) is 0. The van der Waals surface area contributed by atoms with Gasteiger partial charge in [-0.3, -0.25) is 11.3 Å². The van der Waals surface area contributed by atoms with Crippen molar-refractivity contribution in [3.05, 3.63) is 0 Å². The summed E-state index contributed by atoms with van der Waals surface area (Å²) in [5.74, 6) is 6.76. The molecule has 0 heterocycles. The van der Waals surface area contributed by atoms with Gasteiger partial charge in [0.05, 0.1) is 12.1 Å². The largest absolute Gasteiger partial charge is 0.380 e. The van der Waals surface area contributed by atoms with Gasteiger partial charge in [-0.15, -0.1) is 0 Å². The van der Waals surface area contributed by atoms with Crippen molar-refractivity contribution in [3.63, 3.8) is 0 Å². The Morgan fingerprint density at radius 2 is 2.00 bits per heavy atom. The summed E-state index contributed by atoms with van der Waals surface area (Å²) >= 11 is 0. The van der Waals surface area contributed by atoms with Crippen LogP contribution < -0.4 is 11.3 Å². The van der Waals surface area contributed by atoms with E-state index in [1.807, 2.05) is 0 Å². The van der Waals surface area contributed by atoms with E-state index in [0.29, 0.717) is 12.0 Å². The highest BCUT2D eigenvalue weighted by molar-refractivity contribution is 4.91. The maximum absolute atomic E-state index is 5.50. The van der Waals surface area contributed by atoms with Gasteiger partial charge in [0.25, 0.3) is 0 Å². The van der Waals surface area contributed by atoms with Crippen molar-refractivity contribution in [1.29, 1.82) is 0 Å². The number of nitrogens with one attached hydrogen (secondary N) is 1. The van der Waals surface area contributed by atoms with E-state index in [1.54, 1.807) is 7.11 Å². The highest BCUT2D eigenvalue weighted by Gasteiger charge is 2.37. The van der Waals surface area contributed by atoms with Gasteiger partial charge in [-0.1, -0.05) is 13.8 Å². The summed E-state index contributed by atoms with van der Waals surface area (Å²) in [7, 11) is 1.76. The molecular formula is C9H20N2O. The lowest BCUT2D eigenvalue weighted by molar-refractivity contribution is 0.0266. The lowest BCUT2D eigenvalue weighted by Gasteiger charge is -2.28. The van der Waals surface area contributed by atoms with Crippen LogP contribution in [0.15, 0.2) is 0 Å². The Morgan fingerprint density at radius 3 is 2.25 bits per heavy atom. The minimum Gasteiger partial charge on any atom is -0.380 e. The molecule has 2 unspecified atom stereocenters. The molecule has 3 nitrogen and oxygen atoms in total. The van der Waals surface area contributed by atoms with E-state index in [2.05, 4.69) is 19.3 Å². The fourth-order valence-corrected chi connectivity index (χ4v) is 1.79. The fraction of sp³-hybridized carbons (Fsp3) is 1.00. The third-order valence-electron chi connectivity index (χ3n) is 2.61. The quantitative estimate of drug-likeness (QED) is 0.478. The van der Waals surface area contributed by atoms with Gasteiger partial charge in [-0.2, -0.15) is 0 Å². The molecule has 0 aromatic rings. The van der Waals surface area contributed by atoms with Gasteiger partial charge in [0, 0.05) is 7.11 Å². The zero-order valence-electron chi connectivity index (χ0n) is 8.21. The van der Waals surface area contributed by atoms with Crippen molar-refractivity contribution in [2.75, 3.05) is 7.11 Å². The Hall–Kier alpha value is -0.120. The second-order valence-electron chi connectivity index (χ2n) is 3.97. The third-order valence-corrected chi connectivity index (χ3v) is 2.61. The summed E-state index contributed by atoms with van der Waals surface area (Å²) in [6.07, 6.45) is 2.84. The van der Waals surface area contributed by atoms with E-state index in [4.69, 9.17) is 10.6 Å². The SMILES string of the molecule is COC(C(C)C)C(NN)C1CC1. The van der Waals surface area contributed by atoms with Crippen LogP contribution in [0.25, 0.3) is 0 Å². The number of nitrogens with two attached hydrogens (primary N) is 1. The van der Waals surface area contributed by atoms with E-state index >= 15 is 0 Å². The molecule has 1 aliphatic carbocycles. The van der Waals surface area contributed by atoms with Crippen LogP contribution in [0, 0.1) is 11.8 Å². The van der Waals surface area contributed by atoms with E-state index in [0.717, 1.165) is 5.92 Å². The minimum absolute atomic E-state index is 0.252. The molecule has 0 aliphatic heterocycles. The first kappa shape index (κ1) is 9.96. The lowest BCUT2D eigenvalue weighted by atomic mass is 9.96. The summed E-state index contributed by atoms with van der Waals surface area (Å²) in [6.45, 7) is 4.34.